The number of nitrogens with zero attached hydrogens (tertiary/aromatic N) is 1. The molecule has 2 heterocycles. The Balaban J connectivity index is 1.79. The molecular weight excluding hydrogens is 344 g/mol. The molecule has 1 amide bonds. The lowest BCUT2D eigenvalue weighted by Gasteiger charge is -2.14. The number of furan rings is 1. The third kappa shape index (κ3) is 3.74. The van der Waals surface area contributed by atoms with Gasteiger partial charge in [-0.05, 0) is 36.6 Å². The van der Waals surface area contributed by atoms with E-state index < -0.39 is 5.97 Å². The van der Waals surface area contributed by atoms with Gasteiger partial charge in [-0.3, -0.25) is 4.79 Å². The van der Waals surface area contributed by atoms with E-state index in [4.69, 9.17) is 9.15 Å². The topological polar surface area (TPSA) is 75.5 Å². The normalized spacial score (nSPS) is 11.2. The van der Waals surface area contributed by atoms with Gasteiger partial charge in [0.25, 0.3) is 5.91 Å². The highest BCUT2D eigenvalue weighted by Gasteiger charge is 2.20. The number of H-pyrrole nitrogens is 1. The molecule has 6 heteroatoms. The number of carbonyl (C=O) groups excluding carboxylic acids is 2. The van der Waals surface area contributed by atoms with Crippen LogP contribution >= 0.6 is 0 Å². The molecule has 1 N–H and O–H groups in total. The lowest BCUT2D eigenvalue weighted by Crippen LogP contribution is -2.26. The van der Waals surface area contributed by atoms with Crippen molar-refractivity contribution in [3.05, 3.63) is 58.7 Å². The van der Waals surface area contributed by atoms with Crippen molar-refractivity contribution in [1.29, 1.82) is 0 Å². The lowest BCUT2D eigenvalue weighted by atomic mass is 10.0. The minimum atomic E-state index is -0.451. The van der Waals surface area contributed by atoms with Crippen molar-refractivity contribution in [2.45, 2.75) is 33.2 Å². The van der Waals surface area contributed by atoms with Crippen LogP contribution in [0.5, 0.6) is 0 Å². The SMILES string of the molecule is COC(=O)c1cc(CN(C)C(=O)c2cc3ccc(C(C)C)cc3[nH]2)oc1C. The van der Waals surface area contributed by atoms with Crippen molar-refractivity contribution >= 4 is 22.8 Å². The van der Waals surface area contributed by atoms with Crippen LogP contribution in [-0.2, 0) is 11.3 Å². The van der Waals surface area contributed by atoms with E-state index in [2.05, 4.69) is 31.0 Å². The summed E-state index contributed by atoms with van der Waals surface area (Å²) >= 11 is 0. The quantitative estimate of drug-likeness (QED) is 0.683. The number of aromatic amines is 1. The maximum atomic E-state index is 12.8. The van der Waals surface area contributed by atoms with Crippen molar-refractivity contribution in [2.24, 2.45) is 0 Å². The predicted molar refractivity (Wildman–Crippen MR) is 103 cm³/mol. The highest BCUT2D eigenvalue weighted by atomic mass is 16.5. The molecular formula is C21H24N2O4. The lowest BCUT2D eigenvalue weighted by molar-refractivity contribution is 0.0598. The molecule has 0 atom stereocenters. The molecule has 0 aliphatic carbocycles. The number of aromatic nitrogens is 1. The fourth-order valence-corrected chi connectivity index (χ4v) is 3.06. The van der Waals surface area contributed by atoms with E-state index in [0.29, 0.717) is 28.7 Å². The number of aryl methyl sites for hydroxylation is 1. The molecule has 3 aromatic rings. The molecule has 0 radical (unpaired) electrons. The summed E-state index contributed by atoms with van der Waals surface area (Å²) in [6.07, 6.45) is 0. The monoisotopic (exact) mass is 368 g/mol. The second-order valence-corrected chi connectivity index (χ2v) is 7.02. The third-order valence-electron chi connectivity index (χ3n) is 4.66. The standard InChI is InChI=1S/C21H24N2O4/c1-12(2)14-6-7-15-9-19(22-18(15)8-14)20(24)23(4)11-16-10-17(13(3)27-16)21(25)26-5/h6-10,12,22H,11H2,1-5H3. The Hall–Kier alpha value is -3.02. The van der Waals surface area contributed by atoms with E-state index in [-0.39, 0.29) is 12.5 Å². The highest BCUT2D eigenvalue weighted by Crippen LogP contribution is 2.23. The Bertz CT molecular complexity index is 997. The van der Waals surface area contributed by atoms with Gasteiger partial charge in [-0.1, -0.05) is 26.0 Å². The van der Waals surface area contributed by atoms with Gasteiger partial charge in [-0.15, -0.1) is 0 Å². The first-order valence-electron chi connectivity index (χ1n) is 8.86. The first kappa shape index (κ1) is 18.8. The van der Waals surface area contributed by atoms with Gasteiger partial charge in [-0.25, -0.2) is 4.79 Å². The molecule has 1 aromatic carbocycles. The van der Waals surface area contributed by atoms with Gasteiger partial charge in [-0.2, -0.15) is 0 Å². The smallest absolute Gasteiger partial charge is 0.341 e. The van der Waals surface area contributed by atoms with Crippen LogP contribution in [0.3, 0.4) is 0 Å². The first-order chi connectivity index (χ1) is 12.8. The second kappa shape index (κ2) is 7.31. The van der Waals surface area contributed by atoms with Crippen molar-refractivity contribution in [1.82, 2.24) is 9.88 Å². The first-order valence-corrected chi connectivity index (χ1v) is 8.86. The number of rotatable bonds is 5. The number of hydrogen-bond acceptors (Lipinski definition) is 4. The largest absolute Gasteiger partial charge is 0.465 e. The molecule has 0 unspecified atom stereocenters. The number of methoxy groups -OCH3 is 1. The number of carbonyl (C=O) groups is 2. The van der Waals surface area contributed by atoms with Crippen LogP contribution in [0.15, 0.2) is 34.7 Å². The van der Waals surface area contributed by atoms with E-state index in [1.165, 1.54) is 12.7 Å². The van der Waals surface area contributed by atoms with Gasteiger partial charge in [0.1, 0.15) is 22.8 Å². The van der Waals surface area contributed by atoms with Crippen LogP contribution in [0.4, 0.5) is 0 Å². The molecule has 0 fully saturated rings. The maximum absolute atomic E-state index is 12.8. The Morgan fingerprint density at radius 3 is 2.63 bits per heavy atom. The Morgan fingerprint density at radius 2 is 1.96 bits per heavy atom. The van der Waals surface area contributed by atoms with E-state index in [9.17, 15) is 9.59 Å². The summed E-state index contributed by atoms with van der Waals surface area (Å²) in [4.78, 5) is 29.2. The summed E-state index contributed by atoms with van der Waals surface area (Å²) in [5.74, 6) is 0.830. The summed E-state index contributed by atoms with van der Waals surface area (Å²) in [6.45, 7) is 6.22. The van der Waals surface area contributed by atoms with Gasteiger partial charge < -0.3 is 19.0 Å². The van der Waals surface area contributed by atoms with E-state index in [1.807, 2.05) is 12.1 Å². The molecule has 0 aliphatic heterocycles. The van der Waals surface area contributed by atoms with Gasteiger partial charge in [0.2, 0.25) is 0 Å². The number of benzene rings is 1. The number of nitrogens with one attached hydrogen (secondary N) is 1. The zero-order chi connectivity index (χ0) is 19.7. The number of esters is 1. The van der Waals surface area contributed by atoms with Crippen LogP contribution in [0.2, 0.25) is 0 Å². The van der Waals surface area contributed by atoms with Crippen molar-refractivity contribution in [2.75, 3.05) is 14.2 Å². The van der Waals surface area contributed by atoms with E-state index in [0.717, 1.165) is 10.9 Å². The average molecular weight is 368 g/mol. The van der Waals surface area contributed by atoms with Crippen molar-refractivity contribution < 1.29 is 18.7 Å². The van der Waals surface area contributed by atoms with E-state index in [1.54, 1.807) is 24.9 Å². The summed E-state index contributed by atoms with van der Waals surface area (Å²) in [6, 6.07) is 9.65. The second-order valence-electron chi connectivity index (χ2n) is 7.02. The summed E-state index contributed by atoms with van der Waals surface area (Å²) in [7, 11) is 3.02. The fourth-order valence-electron chi connectivity index (χ4n) is 3.06. The molecule has 0 saturated carbocycles. The van der Waals surface area contributed by atoms with Gasteiger partial charge in [0.05, 0.1) is 13.7 Å². The minimum absolute atomic E-state index is 0.147. The molecule has 142 valence electrons. The molecule has 0 spiro atoms. The minimum Gasteiger partial charge on any atom is -0.465 e. The average Bonchev–Trinajstić information content (AvgIpc) is 3.22. The Morgan fingerprint density at radius 1 is 1.22 bits per heavy atom. The van der Waals surface area contributed by atoms with Crippen molar-refractivity contribution in [3.63, 3.8) is 0 Å². The number of ether oxygens (including phenoxy) is 1. The van der Waals surface area contributed by atoms with Crippen LogP contribution in [0.1, 0.15) is 57.7 Å². The molecule has 0 aliphatic rings. The van der Waals surface area contributed by atoms with Crippen LogP contribution < -0.4 is 0 Å². The Labute approximate surface area is 158 Å². The summed E-state index contributed by atoms with van der Waals surface area (Å²) in [5.41, 5.74) is 3.06. The predicted octanol–water partition coefficient (Wildman–Crippen LogP) is 4.25. The number of fused-ring (bicyclic) bond motifs is 1. The summed E-state index contributed by atoms with van der Waals surface area (Å²) in [5, 5.41) is 0.998. The molecule has 0 saturated heterocycles. The molecule has 3 rings (SSSR count). The molecule has 2 aromatic heterocycles. The molecule has 27 heavy (non-hydrogen) atoms. The van der Waals surface area contributed by atoms with Gasteiger partial charge in [0.15, 0.2) is 0 Å². The molecule has 6 nitrogen and oxygen atoms in total. The van der Waals surface area contributed by atoms with Crippen molar-refractivity contribution in [3.8, 4) is 0 Å². The van der Waals surface area contributed by atoms with Gasteiger partial charge in [0, 0.05) is 18.0 Å². The van der Waals surface area contributed by atoms with Gasteiger partial charge >= 0.3 is 5.97 Å². The maximum Gasteiger partial charge on any atom is 0.341 e. The van der Waals surface area contributed by atoms with Crippen LogP contribution in [-0.4, -0.2) is 35.9 Å². The number of hydrogen-bond donors (Lipinski definition) is 1. The number of amides is 1. The van der Waals surface area contributed by atoms with Crippen LogP contribution in [0.25, 0.3) is 10.9 Å². The Kier molecular flexibility index (Phi) is 5.08. The zero-order valence-electron chi connectivity index (χ0n) is 16.3. The van der Waals surface area contributed by atoms with E-state index >= 15 is 0 Å². The fraction of sp³-hybridized carbons (Fsp3) is 0.333. The third-order valence-corrected chi connectivity index (χ3v) is 4.66. The summed E-state index contributed by atoms with van der Waals surface area (Å²) < 4.78 is 10.3. The highest BCUT2D eigenvalue weighted by molar-refractivity contribution is 5.98. The van der Waals surface area contributed by atoms with Crippen LogP contribution in [0, 0.1) is 6.92 Å². The zero-order valence-corrected chi connectivity index (χ0v) is 16.3. The molecule has 0 bridgehead atoms.